The Morgan fingerprint density at radius 1 is 1.37 bits per heavy atom. The first kappa shape index (κ1) is 12.7. The van der Waals surface area contributed by atoms with Crippen molar-refractivity contribution >= 4 is 11.6 Å². The lowest BCUT2D eigenvalue weighted by Crippen LogP contribution is -1.99. The van der Waals surface area contributed by atoms with Crippen molar-refractivity contribution < 1.29 is 9.66 Å². The van der Waals surface area contributed by atoms with Gasteiger partial charge in [0.25, 0.3) is 0 Å². The average molecular weight is 260 g/mol. The largest absolute Gasteiger partial charge is 0.432 e. The molecular formula is C12H12N4O3. The van der Waals surface area contributed by atoms with E-state index >= 15 is 0 Å². The van der Waals surface area contributed by atoms with Crippen LogP contribution in [0, 0.1) is 17.0 Å². The van der Waals surface area contributed by atoms with Crippen LogP contribution in [-0.4, -0.2) is 21.9 Å². The number of ether oxygens (including phenoxy) is 1. The Labute approximate surface area is 109 Å². The van der Waals surface area contributed by atoms with Crippen molar-refractivity contribution in [1.82, 2.24) is 9.97 Å². The summed E-state index contributed by atoms with van der Waals surface area (Å²) in [5.41, 5.74) is 0.763. The van der Waals surface area contributed by atoms with Gasteiger partial charge in [0.1, 0.15) is 0 Å². The van der Waals surface area contributed by atoms with Gasteiger partial charge >= 0.3 is 5.69 Å². The number of hydrogen-bond acceptors (Lipinski definition) is 6. The van der Waals surface area contributed by atoms with Gasteiger partial charge in [-0.3, -0.25) is 10.1 Å². The van der Waals surface area contributed by atoms with Crippen LogP contribution >= 0.6 is 0 Å². The predicted molar refractivity (Wildman–Crippen MR) is 69.5 cm³/mol. The fraction of sp³-hybridized carbons (Fsp3) is 0.167. The van der Waals surface area contributed by atoms with E-state index in [2.05, 4.69) is 15.3 Å². The third-order valence-electron chi connectivity index (χ3n) is 2.38. The highest BCUT2D eigenvalue weighted by atomic mass is 16.6. The molecule has 0 aliphatic rings. The first-order valence-electron chi connectivity index (χ1n) is 5.54. The second-order valence-electron chi connectivity index (χ2n) is 3.80. The van der Waals surface area contributed by atoms with Crippen LogP contribution in [0.25, 0.3) is 0 Å². The summed E-state index contributed by atoms with van der Waals surface area (Å²) >= 11 is 0. The van der Waals surface area contributed by atoms with E-state index in [9.17, 15) is 10.1 Å². The lowest BCUT2D eigenvalue weighted by atomic mass is 10.2. The maximum absolute atomic E-state index is 10.9. The van der Waals surface area contributed by atoms with Gasteiger partial charge in [0.05, 0.1) is 4.92 Å². The summed E-state index contributed by atoms with van der Waals surface area (Å²) in [6.45, 7) is 1.83. The van der Waals surface area contributed by atoms with E-state index in [0.717, 1.165) is 5.56 Å². The molecule has 0 aliphatic heterocycles. The number of anilines is 1. The van der Waals surface area contributed by atoms with E-state index < -0.39 is 4.92 Å². The SMILES string of the molecule is CNc1nccc(Oc2cc(C)ccc2[N+](=O)[O-])n1. The highest BCUT2D eigenvalue weighted by molar-refractivity contribution is 5.49. The van der Waals surface area contributed by atoms with Crippen molar-refractivity contribution in [3.63, 3.8) is 0 Å². The minimum atomic E-state index is -0.491. The zero-order valence-electron chi connectivity index (χ0n) is 10.5. The standard InChI is InChI=1S/C12H12N4O3/c1-8-3-4-9(16(17)18)10(7-8)19-11-5-6-14-12(13-2)15-11/h3-7H,1-2H3,(H,13,14,15). The summed E-state index contributed by atoms with van der Waals surface area (Å²) in [6.07, 6.45) is 1.51. The van der Waals surface area contributed by atoms with Crippen LogP contribution in [0.15, 0.2) is 30.5 Å². The molecule has 98 valence electrons. The van der Waals surface area contributed by atoms with Crippen LogP contribution in [0.4, 0.5) is 11.6 Å². The molecule has 0 amide bonds. The molecule has 0 fully saturated rings. The maximum Gasteiger partial charge on any atom is 0.311 e. The molecule has 19 heavy (non-hydrogen) atoms. The zero-order chi connectivity index (χ0) is 13.8. The first-order chi connectivity index (χ1) is 9.10. The van der Waals surface area contributed by atoms with E-state index in [1.165, 1.54) is 18.3 Å². The Morgan fingerprint density at radius 3 is 2.84 bits per heavy atom. The molecule has 1 aromatic carbocycles. The van der Waals surface area contributed by atoms with E-state index in [4.69, 9.17) is 4.74 Å². The van der Waals surface area contributed by atoms with Crippen LogP contribution in [0.3, 0.4) is 0 Å². The molecule has 0 unspecified atom stereocenters. The molecule has 2 rings (SSSR count). The molecule has 0 saturated carbocycles. The number of benzene rings is 1. The first-order valence-corrected chi connectivity index (χ1v) is 5.54. The van der Waals surface area contributed by atoms with E-state index in [-0.39, 0.29) is 17.3 Å². The van der Waals surface area contributed by atoms with Gasteiger partial charge in [-0.1, -0.05) is 6.07 Å². The Hall–Kier alpha value is -2.70. The summed E-state index contributed by atoms with van der Waals surface area (Å²) in [6, 6.07) is 6.20. The molecule has 0 atom stereocenters. The van der Waals surface area contributed by atoms with Gasteiger partial charge in [-0.2, -0.15) is 4.98 Å². The molecule has 0 aliphatic carbocycles. The van der Waals surface area contributed by atoms with Crippen molar-refractivity contribution in [3.8, 4) is 11.6 Å². The number of hydrogen-bond donors (Lipinski definition) is 1. The number of aromatic nitrogens is 2. The minimum absolute atomic E-state index is 0.102. The van der Waals surface area contributed by atoms with Crippen molar-refractivity contribution in [3.05, 3.63) is 46.1 Å². The summed E-state index contributed by atoms with van der Waals surface area (Å²) in [5.74, 6) is 0.784. The molecule has 0 radical (unpaired) electrons. The molecule has 2 aromatic rings. The van der Waals surface area contributed by atoms with Crippen LogP contribution in [0.5, 0.6) is 11.6 Å². The number of rotatable bonds is 4. The number of nitro groups is 1. The topological polar surface area (TPSA) is 90.2 Å². The zero-order valence-corrected chi connectivity index (χ0v) is 10.5. The Kier molecular flexibility index (Phi) is 3.56. The number of nitrogens with one attached hydrogen (secondary N) is 1. The van der Waals surface area contributed by atoms with Crippen molar-refractivity contribution in [2.75, 3.05) is 12.4 Å². The fourth-order valence-corrected chi connectivity index (χ4v) is 1.49. The van der Waals surface area contributed by atoms with Crippen molar-refractivity contribution in [2.24, 2.45) is 0 Å². The van der Waals surface area contributed by atoms with Crippen LogP contribution in [0.1, 0.15) is 5.56 Å². The van der Waals surface area contributed by atoms with Crippen LogP contribution in [0.2, 0.25) is 0 Å². The smallest absolute Gasteiger partial charge is 0.311 e. The highest BCUT2D eigenvalue weighted by Gasteiger charge is 2.16. The van der Waals surface area contributed by atoms with Gasteiger partial charge in [0.15, 0.2) is 0 Å². The van der Waals surface area contributed by atoms with Crippen molar-refractivity contribution in [2.45, 2.75) is 6.92 Å². The second kappa shape index (κ2) is 5.30. The summed E-state index contributed by atoms with van der Waals surface area (Å²) in [5, 5.41) is 13.7. The van der Waals surface area contributed by atoms with Gasteiger partial charge in [-0.15, -0.1) is 0 Å². The van der Waals surface area contributed by atoms with Gasteiger partial charge in [-0.05, 0) is 18.6 Å². The monoisotopic (exact) mass is 260 g/mol. The normalized spacial score (nSPS) is 10.0. The summed E-state index contributed by atoms with van der Waals surface area (Å²) in [7, 11) is 1.67. The molecule has 1 aromatic heterocycles. The highest BCUT2D eigenvalue weighted by Crippen LogP contribution is 2.31. The second-order valence-corrected chi connectivity index (χ2v) is 3.80. The quantitative estimate of drug-likeness (QED) is 0.671. The predicted octanol–water partition coefficient (Wildman–Crippen LogP) is 2.53. The lowest BCUT2D eigenvalue weighted by molar-refractivity contribution is -0.385. The Balaban J connectivity index is 2.36. The number of nitrogens with zero attached hydrogens (tertiary/aromatic N) is 3. The van der Waals surface area contributed by atoms with E-state index in [0.29, 0.717) is 5.95 Å². The van der Waals surface area contributed by atoms with Gasteiger partial charge < -0.3 is 10.1 Å². The molecule has 0 saturated heterocycles. The molecular weight excluding hydrogens is 248 g/mol. The van der Waals surface area contributed by atoms with E-state index in [1.807, 2.05) is 6.92 Å². The van der Waals surface area contributed by atoms with E-state index in [1.54, 1.807) is 19.2 Å². The maximum atomic E-state index is 10.9. The Bertz CT molecular complexity index is 616. The third kappa shape index (κ3) is 2.95. The van der Waals surface area contributed by atoms with Gasteiger partial charge in [0.2, 0.25) is 17.6 Å². The average Bonchev–Trinajstić information content (AvgIpc) is 2.38. The van der Waals surface area contributed by atoms with Crippen LogP contribution < -0.4 is 10.1 Å². The number of aryl methyl sites for hydroxylation is 1. The molecule has 0 bridgehead atoms. The lowest BCUT2D eigenvalue weighted by Gasteiger charge is -2.07. The molecule has 7 nitrogen and oxygen atoms in total. The molecule has 1 N–H and O–H groups in total. The fourth-order valence-electron chi connectivity index (χ4n) is 1.49. The molecule has 1 heterocycles. The van der Waals surface area contributed by atoms with Gasteiger partial charge in [0, 0.05) is 25.4 Å². The minimum Gasteiger partial charge on any atom is -0.432 e. The number of nitro benzene ring substituents is 1. The summed E-state index contributed by atoms with van der Waals surface area (Å²) in [4.78, 5) is 18.4. The van der Waals surface area contributed by atoms with Crippen molar-refractivity contribution in [1.29, 1.82) is 0 Å². The summed E-state index contributed by atoms with van der Waals surface area (Å²) < 4.78 is 5.46. The third-order valence-corrected chi connectivity index (χ3v) is 2.38. The van der Waals surface area contributed by atoms with Gasteiger partial charge in [-0.25, -0.2) is 4.98 Å². The molecule has 0 spiro atoms. The molecule has 7 heteroatoms. The Morgan fingerprint density at radius 2 is 2.16 bits per heavy atom. The van der Waals surface area contributed by atoms with Crippen LogP contribution in [-0.2, 0) is 0 Å².